The number of nitrogens with zero attached hydrogens (tertiary/aromatic N) is 2. The van der Waals surface area contributed by atoms with E-state index >= 15 is 0 Å². The van der Waals surface area contributed by atoms with Gasteiger partial charge in [0.25, 0.3) is 0 Å². The van der Waals surface area contributed by atoms with Crippen LogP contribution in [0.15, 0.2) is 0 Å². The smallest absolute Gasteiger partial charge is 0.00128 e. The van der Waals surface area contributed by atoms with E-state index in [1.54, 1.807) is 0 Å². The summed E-state index contributed by atoms with van der Waals surface area (Å²) >= 11 is 0. The number of rotatable bonds is 3. The van der Waals surface area contributed by atoms with Crippen LogP contribution in [-0.4, -0.2) is 49.1 Å². The molecule has 2 nitrogen and oxygen atoms in total. The van der Waals surface area contributed by atoms with Crippen molar-refractivity contribution in [3.05, 3.63) is 0 Å². The van der Waals surface area contributed by atoms with Gasteiger partial charge in [0.2, 0.25) is 0 Å². The van der Waals surface area contributed by atoms with Crippen molar-refractivity contribution in [1.82, 2.24) is 9.80 Å². The van der Waals surface area contributed by atoms with Gasteiger partial charge in [-0.3, -0.25) is 0 Å². The van der Waals surface area contributed by atoms with Crippen LogP contribution in [0.3, 0.4) is 0 Å². The van der Waals surface area contributed by atoms with Crippen LogP contribution in [0.1, 0.15) is 72.6 Å². The zero-order valence-corrected chi connectivity index (χ0v) is 15.7. The van der Waals surface area contributed by atoms with Crippen molar-refractivity contribution < 1.29 is 0 Å². The molecule has 0 N–H and O–H groups in total. The van der Waals surface area contributed by atoms with Crippen molar-refractivity contribution in [3.63, 3.8) is 0 Å². The molecule has 0 spiro atoms. The fourth-order valence-corrected chi connectivity index (χ4v) is 4.46. The fourth-order valence-electron chi connectivity index (χ4n) is 4.46. The van der Waals surface area contributed by atoms with E-state index < -0.39 is 0 Å². The van der Waals surface area contributed by atoms with Crippen molar-refractivity contribution >= 4 is 0 Å². The summed E-state index contributed by atoms with van der Waals surface area (Å²) in [5, 5.41) is 0. The third-order valence-electron chi connectivity index (χ3n) is 6.25. The maximum Gasteiger partial charge on any atom is 0.00128 e. The Bertz CT molecular complexity index is 289. The normalized spacial score (nSPS) is 32.2. The van der Waals surface area contributed by atoms with Gasteiger partial charge in [-0.05, 0) is 75.5 Å². The zero-order valence-electron chi connectivity index (χ0n) is 15.7. The Balaban J connectivity index is 0.000000160. The standard InChI is InChI=1S/C10H19N.C10H21N/c1-2-11-7-9-5-3-4-6-10(9)8-11;1-4-7-11-8-5-10(2,3)6-9-11/h9-10H,2-8H2,1H3;4-9H2,1-3H3/t9-,10+;. The van der Waals surface area contributed by atoms with Gasteiger partial charge in [-0.1, -0.05) is 40.5 Å². The summed E-state index contributed by atoms with van der Waals surface area (Å²) in [7, 11) is 0. The molecule has 0 aromatic heterocycles. The highest BCUT2D eigenvalue weighted by Gasteiger charge is 2.33. The topological polar surface area (TPSA) is 6.48 Å². The van der Waals surface area contributed by atoms with Gasteiger partial charge in [0.1, 0.15) is 0 Å². The Morgan fingerprint density at radius 3 is 1.86 bits per heavy atom. The largest absolute Gasteiger partial charge is 0.303 e. The molecule has 2 aliphatic heterocycles. The Morgan fingerprint density at radius 2 is 1.41 bits per heavy atom. The van der Waals surface area contributed by atoms with Gasteiger partial charge in [-0.25, -0.2) is 0 Å². The van der Waals surface area contributed by atoms with Crippen LogP contribution in [0.2, 0.25) is 0 Å². The molecular formula is C20H40N2. The van der Waals surface area contributed by atoms with E-state index in [-0.39, 0.29) is 0 Å². The first-order valence-corrected chi connectivity index (χ1v) is 9.99. The van der Waals surface area contributed by atoms with Crippen LogP contribution in [-0.2, 0) is 0 Å². The molecule has 130 valence electrons. The number of likely N-dealkylation sites (tertiary alicyclic amines) is 2. The van der Waals surface area contributed by atoms with E-state index in [4.69, 9.17) is 0 Å². The highest BCUT2D eigenvalue weighted by Crippen LogP contribution is 2.35. The molecule has 2 heteroatoms. The molecule has 0 aromatic rings. The van der Waals surface area contributed by atoms with Gasteiger partial charge >= 0.3 is 0 Å². The molecule has 2 heterocycles. The molecule has 3 fully saturated rings. The molecule has 0 amide bonds. The second kappa shape index (κ2) is 8.68. The number of hydrogen-bond acceptors (Lipinski definition) is 2. The average Bonchev–Trinajstić information content (AvgIpc) is 2.93. The van der Waals surface area contributed by atoms with E-state index in [0.717, 1.165) is 11.8 Å². The third kappa shape index (κ3) is 5.53. The highest BCUT2D eigenvalue weighted by atomic mass is 15.1. The minimum atomic E-state index is 0.615. The summed E-state index contributed by atoms with van der Waals surface area (Å²) in [6, 6.07) is 0. The van der Waals surface area contributed by atoms with Crippen LogP contribution in [0.5, 0.6) is 0 Å². The second-order valence-electron chi connectivity index (χ2n) is 8.66. The van der Waals surface area contributed by atoms with Crippen molar-refractivity contribution in [1.29, 1.82) is 0 Å². The van der Waals surface area contributed by atoms with Crippen molar-refractivity contribution in [2.24, 2.45) is 17.3 Å². The maximum absolute atomic E-state index is 2.63. The lowest BCUT2D eigenvalue weighted by molar-refractivity contribution is 0.133. The molecule has 0 bridgehead atoms. The van der Waals surface area contributed by atoms with Gasteiger partial charge in [0.15, 0.2) is 0 Å². The van der Waals surface area contributed by atoms with Crippen molar-refractivity contribution in [2.75, 3.05) is 39.3 Å². The van der Waals surface area contributed by atoms with Gasteiger partial charge in [0.05, 0.1) is 0 Å². The lowest BCUT2D eigenvalue weighted by atomic mass is 9.82. The van der Waals surface area contributed by atoms with Crippen molar-refractivity contribution in [3.8, 4) is 0 Å². The molecule has 0 aromatic carbocycles. The van der Waals surface area contributed by atoms with Gasteiger partial charge in [-0.2, -0.15) is 0 Å². The number of hydrogen-bond donors (Lipinski definition) is 0. The Labute approximate surface area is 139 Å². The minimum Gasteiger partial charge on any atom is -0.303 e. The summed E-state index contributed by atoms with van der Waals surface area (Å²) in [5.74, 6) is 2.15. The molecule has 2 atom stereocenters. The lowest BCUT2D eigenvalue weighted by Crippen LogP contribution is -2.37. The molecule has 3 aliphatic rings. The van der Waals surface area contributed by atoms with Gasteiger partial charge in [-0.15, -0.1) is 0 Å². The Kier molecular flexibility index (Phi) is 7.21. The molecule has 1 aliphatic carbocycles. The Morgan fingerprint density at radius 1 is 0.864 bits per heavy atom. The van der Waals surface area contributed by atoms with E-state index in [1.165, 1.54) is 84.2 Å². The van der Waals surface area contributed by atoms with Gasteiger partial charge < -0.3 is 9.80 Å². The molecule has 2 saturated heterocycles. The molecule has 22 heavy (non-hydrogen) atoms. The molecule has 0 radical (unpaired) electrons. The monoisotopic (exact) mass is 308 g/mol. The summed E-state index contributed by atoms with van der Waals surface area (Å²) < 4.78 is 0. The van der Waals surface area contributed by atoms with Crippen LogP contribution in [0.4, 0.5) is 0 Å². The summed E-state index contributed by atoms with van der Waals surface area (Å²) in [6.45, 7) is 17.3. The van der Waals surface area contributed by atoms with E-state index in [0.29, 0.717) is 5.41 Å². The lowest BCUT2D eigenvalue weighted by Gasteiger charge is -2.36. The van der Waals surface area contributed by atoms with E-state index in [9.17, 15) is 0 Å². The highest BCUT2D eigenvalue weighted by molar-refractivity contribution is 4.86. The number of piperidine rings is 1. The molecule has 0 unspecified atom stereocenters. The molecule has 3 rings (SSSR count). The van der Waals surface area contributed by atoms with E-state index in [1.807, 2.05) is 0 Å². The first-order valence-electron chi connectivity index (χ1n) is 9.99. The quantitative estimate of drug-likeness (QED) is 0.749. The zero-order chi connectivity index (χ0) is 16.0. The summed E-state index contributed by atoms with van der Waals surface area (Å²) in [4.78, 5) is 5.21. The Hall–Kier alpha value is -0.0800. The molecular weight excluding hydrogens is 268 g/mol. The number of fused-ring (bicyclic) bond motifs is 1. The predicted molar refractivity (Wildman–Crippen MR) is 97.3 cm³/mol. The summed E-state index contributed by atoms with van der Waals surface area (Å²) in [6.07, 6.45) is 10.1. The van der Waals surface area contributed by atoms with Crippen LogP contribution < -0.4 is 0 Å². The fraction of sp³-hybridized carbons (Fsp3) is 1.00. The van der Waals surface area contributed by atoms with Crippen LogP contribution >= 0.6 is 0 Å². The SMILES string of the molecule is CCCN1CCC(C)(C)CC1.CCN1C[C@H]2CCCC[C@H]2C1. The van der Waals surface area contributed by atoms with Crippen molar-refractivity contribution in [2.45, 2.75) is 72.6 Å². The van der Waals surface area contributed by atoms with Crippen LogP contribution in [0, 0.1) is 17.3 Å². The second-order valence-corrected chi connectivity index (χ2v) is 8.66. The first kappa shape index (κ1) is 18.3. The maximum atomic E-state index is 2.63. The van der Waals surface area contributed by atoms with Crippen LogP contribution in [0.25, 0.3) is 0 Å². The average molecular weight is 309 g/mol. The van der Waals surface area contributed by atoms with Gasteiger partial charge in [0, 0.05) is 13.1 Å². The van der Waals surface area contributed by atoms with E-state index in [2.05, 4.69) is 37.5 Å². The predicted octanol–water partition coefficient (Wildman–Crippen LogP) is 4.65. The minimum absolute atomic E-state index is 0.615. The first-order chi connectivity index (χ1) is 10.5. The summed E-state index contributed by atoms with van der Waals surface area (Å²) in [5.41, 5.74) is 0.615. The molecule has 1 saturated carbocycles. The third-order valence-corrected chi connectivity index (χ3v) is 6.25.